The average Bonchev–Trinajstić information content (AvgIpc) is 3.92. The topological polar surface area (TPSA) is 39.4 Å². The van der Waals surface area contributed by atoms with Crippen molar-refractivity contribution >= 4 is 87.2 Å². The fraction of sp³-hybridized carbons (Fsp3) is 0. The molecule has 12 aromatic rings. The maximum absolute atomic E-state index is 6.82. The maximum atomic E-state index is 6.82. The molecule has 12 rings (SSSR count). The van der Waals surface area contributed by atoms with Gasteiger partial charge in [-0.15, -0.1) is 0 Å². The quantitative estimate of drug-likeness (QED) is 0.175. The van der Waals surface area contributed by atoms with Gasteiger partial charge in [-0.05, 0) is 91.0 Å². The van der Waals surface area contributed by atoms with E-state index in [9.17, 15) is 0 Å². The third kappa shape index (κ3) is 3.99. The molecule has 53 heavy (non-hydrogen) atoms. The van der Waals surface area contributed by atoms with E-state index in [1.54, 1.807) is 0 Å². The van der Waals surface area contributed by atoms with Crippen molar-refractivity contribution in [3.05, 3.63) is 170 Å². The van der Waals surface area contributed by atoms with Gasteiger partial charge >= 0.3 is 0 Å². The minimum Gasteiger partial charge on any atom is -0.464 e. The molecule has 9 aromatic carbocycles. The molecule has 3 heterocycles. The Morgan fingerprint density at radius 3 is 1.74 bits per heavy atom. The zero-order valence-electron chi connectivity index (χ0n) is 28.4. The van der Waals surface area contributed by atoms with E-state index in [-0.39, 0.29) is 0 Å². The van der Waals surface area contributed by atoms with Crippen LogP contribution in [0.3, 0.4) is 0 Å². The number of rotatable bonds is 3. The van der Waals surface area contributed by atoms with Gasteiger partial charge in [-0.3, -0.25) is 0 Å². The molecule has 0 N–H and O–H groups in total. The van der Waals surface area contributed by atoms with E-state index in [0.717, 1.165) is 76.9 Å². The molecule has 0 bridgehead atoms. The van der Waals surface area contributed by atoms with Gasteiger partial charge in [0.05, 0.1) is 11.6 Å². The van der Waals surface area contributed by atoms with Crippen LogP contribution in [0.1, 0.15) is 0 Å². The normalized spacial score (nSPS) is 12.2. The second-order valence-corrected chi connectivity index (χ2v) is 13.9. The fourth-order valence-corrected chi connectivity index (χ4v) is 8.86. The summed E-state index contributed by atoms with van der Waals surface area (Å²) in [5.41, 5.74) is 11.2. The summed E-state index contributed by atoms with van der Waals surface area (Å²) in [6.45, 7) is 0. The Morgan fingerprint density at radius 2 is 0.962 bits per heavy atom. The molecule has 0 atom stereocenters. The lowest BCUT2D eigenvalue weighted by Gasteiger charge is -2.19. The Kier molecular flexibility index (Phi) is 5.77. The number of hydrogen-bond acceptors (Lipinski definition) is 3. The van der Waals surface area contributed by atoms with Crippen molar-refractivity contribution in [2.45, 2.75) is 0 Å². The highest BCUT2D eigenvalue weighted by molar-refractivity contribution is 6.30. The van der Waals surface area contributed by atoms with Crippen LogP contribution in [-0.2, 0) is 0 Å². The van der Waals surface area contributed by atoms with Gasteiger partial charge in [-0.2, -0.15) is 0 Å². The number of hydrogen-bond donors (Lipinski definition) is 0. The second-order valence-electron chi connectivity index (χ2n) is 13.9. The smallest absolute Gasteiger partial charge is 0.147 e. The standard InChI is InChI=1S/C50H28O3/c1-2-12-29(13-3-1)40-28-51-42-25-24-38-33-23-22-31(27-43(33)53-50(38)48(40)42)45-34-16-6-8-18-36(34)46(37-19-9-7-17-35(37)45)49-32-15-5-4-14-30(32)26-44-47(49)39-20-10-11-21-41(39)52-44/h1-28H. The van der Waals surface area contributed by atoms with Gasteiger partial charge in [0.15, 0.2) is 0 Å². The van der Waals surface area contributed by atoms with Crippen molar-refractivity contribution < 1.29 is 13.3 Å². The van der Waals surface area contributed by atoms with Gasteiger partial charge in [-0.1, -0.05) is 127 Å². The Morgan fingerprint density at radius 1 is 0.321 bits per heavy atom. The largest absolute Gasteiger partial charge is 0.464 e. The number of para-hydroxylation sites is 1. The van der Waals surface area contributed by atoms with Gasteiger partial charge in [0.1, 0.15) is 27.9 Å². The molecule has 246 valence electrons. The van der Waals surface area contributed by atoms with Crippen molar-refractivity contribution in [1.82, 2.24) is 0 Å². The van der Waals surface area contributed by atoms with E-state index in [1.165, 1.54) is 43.6 Å². The summed E-state index contributed by atoms with van der Waals surface area (Å²) in [6, 6.07) is 58.2. The Bertz CT molecular complexity index is 3390. The molecule has 3 heteroatoms. The zero-order chi connectivity index (χ0) is 34.6. The predicted octanol–water partition coefficient (Wildman–Crippen LogP) is 14.7. The van der Waals surface area contributed by atoms with Crippen LogP contribution in [0.15, 0.2) is 183 Å². The first kappa shape index (κ1) is 28.6. The van der Waals surface area contributed by atoms with E-state index >= 15 is 0 Å². The molecule has 3 aromatic heterocycles. The highest BCUT2D eigenvalue weighted by Crippen LogP contribution is 2.50. The van der Waals surface area contributed by atoms with Crippen molar-refractivity contribution in [2.24, 2.45) is 0 Å². The zero-order valence-corrected chi connectivity index (χ0v) is 28.4. The van der Waals surface area contributed by atoms with E-state index in [4.69, 9.17) is 13.3 Å². The van der Waals surface area contributed by atoms with Crippen LogP contribution in [0.25, 0.3) is 121 Å². The van der Waals surface area contributed by atoms with Crippen LogP contribution >= 0.6 is 0 Å². The van der Waals surface area contributed by atoms with Gasteiger partial charge < -0.3 is 13.3 Å². The molecular weight excluding hydrogens is 649 g/mol. The van der Waals surface area contributed by atoms with Crippen LogP contribution in [0.2, 0.25) is 0 Å². The lowest BCUT2D eigenvalue weighted by Crippen LogP contribution is -1.92. The van der Waals surface area contributed by atoms with Crippen LogP contribution < -0.4 is 0 Å². The average molecular weight is 677 g/mol. The van der Waals surface area contributed by atoms with E-state index in [2.05, 4.69) is 152 Å². The van der Waals surface area contributed by atoms with Gasteiger partial charge in [-0.25, -0.2) is 0 Å². The van der Waals surface area contributed by atoms with Crippen LogP contribution in [0, 0.1) is 0 Å². The first-order chi connectivity index (χ1) is 26.3. The summed E-state index contributed by atoms with van der Waals surface area (Å²) in [5, 5.41) is 12.6. The Hall–Kier alpha value is -7.10. The van der Waals surface area contributed by atoms with Gasteiger partial charge in [0.2, 0.25) is 0 Å². The molecule has 0 unspecified atom stereocenters. The predicted molar refractivity (Wildman–Crippen MR) is 220 cm³/mol. The van der Waals surface area contributed by atoms with Gasteiger partial charge in [0.25, 0.3) is 0 Å². The summed E-state index contributed by atoms with van der Waals surface area (Å²) in [6.07, 6.45) is 1.84. The third-order valence-electron chi connectivity index (χ3n) is 11.1. The number of furan rings is 3. The molecule has 0 aliphatic carbocycles. The highest BCUT2D eigenvalue weighted by Gasteiger charge is 2.23. The summed E-state index contributed by atoms with van der Waals surface area (Å²) in [4.78, 5) is 0. The molecule has 0 amide bonds. The minimum atomic E-state index is 0.816. The maximum Gasteiger partial charge on any atom is 0.147 e. The first-order valence-corrected chi connectivity index (χ1v) is 18.0. The van der Waals surface area contributed by atoms with E-state index in [1.807, 2.05) is 18.4 Å². The van der Waals surface area contributed by atoms with Gasteiger partial charge in [0, 0.05) is 32.7 Å². The molecule has 0 saturated carbocycles. The summed E-state index contributed by atoms with van der Waals surface area (Å²) in [5.74, 6) is 0. The molecule has 0 radical (unpaired) electrons. The summed E-state index contributed by atoms with van der Waals surface area (Å²) in [7, 11) is 0. The molecule has 0 spiro atoms. The summed E-state index contributed by atoms with van der Waals surface area (Å²) < 4.78 is 19.4. The number of benzene rings is 9. The van der Waals surface area contributed by atoms with Crippen LogP contribution in [-0.4, -0.2) is 0 Å². The third-order valence-corrected chi connectivity index (χ3v) is 11.1. The van der Waals surface area contributed by atoms with Crippen LogP contribution in [0.5, 0.6) is 0 Å². The van der Waals surface area contributed by atoms with Crippen LogP contribution in [0.4, 0.5) is 0 Å². The number of fused-ring (bicyclic) bond motifs is 11. The van der Waals surface area contributed by atoms with E-state index in [0.29, 0.717) is 0 Å². The Balaban J connectivity index is 1.17. The van der Waals surface area contributed by atoms with Crippen molar-refractivity contribution in [2.75, 3.05) is 0 Å². The molecule has 0 saturated heterocycles. The second kappa shape index (κ2) is 10.7. The summed E-state index contributed by atoms with van der Waals surface area (Å²) >= 11 is 0. The Labute approximate surface area is 302 Å². The fourth-order valence-electron chi connectivity index (χ4n) is 8.86. The molecular formula is C50H28O3. The molecule has 0 aliphatic heterocycles. The molecule has 3 nitrogen and oxygen atoms in total. The lowest BCUT2D eigenvalue weighted by atomic mass is 9.83. The monoisotopic (exact) mass is 676 g/mol. The van der Waals surface area contributed by atoms with Crippen molar-refractivity contribution in [1.29, 1.82) is 0 Å². The SMILES string of the molecule is c1ccc(-c2coc3ccc4c5ccc(-c6c7ccccc7c(-c7c8ccccc8cc8oc9ccccc9c78)c7ccccc67)cc5oc4c23)cc1. The highest BCUT2D eigenvalue weighted by atomic mass is 16.3. The van der Waals surface area contributed by atoms with Crippen molar-refractivity contribution in [3.63, 3.8) is 0 Å². The molecule has 0 fully saturated rings. The minimum absolute atomic E-state index is 0.816. The van der Waals surface area contributed by atoms with Crippen molar-refractivity contribution in [3.8, 4) is 33.4 Å². The van der Waals surface area contributed by atoms with E-state index < -0.39 is 0 Å². The lowest BCUT2D eigenvalue weighted by molar-refractivity contribution is 0.616. The molecule has 0 aliphatic rings. The first-order valence-electron chi connectivity index (χ1n) is 18.0.